The summed E-state index contributed by atoms with van der Waals surface area (Å²) in [5.41, 5.74) is 5.83. The summed E-state index contributed by atoms with van der Waals surface area (Å²) in [5, 5.41) is 21.5. The van der Waals surface area contributed by atoms with E-state index in [1.54, 1.807) is 13.0 Å². The minimum Gasteiger partial charge on any atom is -0.618 e. The molecule has 3 aromatic rings. The second-order valence-corrected chi connectivity index (χ2v) is 10.2. The number of nitrogens with zero attached hydrogens (tertiary/aromatic N) is 2. The summed E-state index contributed by atoms with van der Waals surface area (Å²) in [6.45, 7) is 6.09. The van der Waals surface area contributed by atoms with Crippen LogP contribution in [0.15, 0.2) is 48.7 Å². The first kappa shape index (κ1) is 25.0. The predicted molar refractivity (Wildman–Crippen MR) is 143 cm³/mol. The van der Waals surface area contributed by atoms with Gasteiger partial charge in [-0.1, -0.05) is 31.4 Å². The molecule has 0 radical (unpaired) electrons. The number of anilines is 1. The molecule has 5 rings (SSSR count). The van der Waals surface area contributed by atoms with Crippen molar-refractivity contribution in [3.05, 3.63) is 76.5 Å². The first-order valence-electron chi connectivity index (χ1n) is 13.2. The largest absolute Gasteiger partial charge is 0.618 e. The second-order valence-electron chi connectivity index (χ2n) is 10.2. The fourth-order valence-corrected chi connectivity index (χ4v) is 5.76. The van der Waals surface area contributed by atoms with Gasteiger partial charge in [0.15, 0.2) is 11.9 Å². The second kappa shape index (κ2) is 10.8. The van der Waals surface area contributed by atoms with E-state index in [0.29, 0.717) is 17.1 Å². The monoisotopic (exact) mass is 501 g/mol. The maximum Gasteiger partial charge on any atom is 0.268 e. The molecule has 3 heterocycles. The van der Waals surface area contributed by atoms with Crippen LogP contribution in [0.5, 0.6) is 0 Å². The van der Waals surface area contributed by atoms with Gasteiger partial charge in [0.1, 0.15) is 11.7 Å². The molecule has 2 aromatic heterocycles. The minimum atomic E-state index is -0.599. The lowest BCUT2D eigenvalue weighted by atomic mass is 9.83. The molecule has 194 valence electrons. The Morgan fingerprint density at radius 2 is 1.81 bits per heavy atom. The third-order valence-corrected chi connectivity index (χ3v) is 7.80. The van der Waals surface area contributed by atoms with Crippen molar-refractivity contribution >= 4 is 17.5 Å². The van der Waals surface area contributed by atoms with Gasteiger partial charge in [0.2, 0.25) is 5.91 Å². The van der Waals surface area contributed by atoms with Gasteiger partial charge in [-0.2, -0.15) is 4.73 Å². The number of pyridine rings is 1. The Bertz CT molecular complexity index is 1290. The number of hydrogen-bond donors (Lipinski definition) is 3. The molecule has 0 unspecified atom stereocenters. The standard InChI is InChI=1S/C29H35N5O3/c1-19-14-16-34(37)20(2)26(19)21-8-10-23(11-9-21)31-29(36)27(22-6-4-3-5-7-22)32-28(35)25-13-12-24-18-30-15-17-33(24)25/h8-14,16,22,27,30H,3-7,15,17-18H2,1-2H3,(H,31,36)(H,32,35)/t27-/m0/s1. The van der Waals surface area contributed by atoms with E-state index >= 15 is 0 Å². The first-order chi connectivity index (χ1) is 17.9. The molecule has 8 nitrogen and oxygen atoms in total. The van der Waals surface area contributed by atoms with Crippen molar-refractivity contribution in [2.75, 3.05) is 11.9 Å². The number of aryl methyl sites for hydroxylation is 1. The molecule has 2 amide bonds. The van der Waals surface area contributed by atoms with Gasteiger partial charge in [-0.05, 0) is 61.1 Å². The molecule has 1 aliphatic carbocycles. The van der Waals surface area contributed by atoms with Crippen LogP contribution in [0.25, 0.3) is 11.1 Å². The lowest BCUT2D eigenvalue weighted by Crippen LogP contribution is -2.49. The number of fused-ring (bicyclic) bond motifs is 1. The van der Waals surface area contributed by atoms with Crippen LogP contribution in [0.1, 0.15) is 59.5 Å². The van der Waals surface area contributed by atoms with Gasteiger partial charge in [-0.3, -0.25) is 9.59 Å². The van der Waals surface area contributed by atoms with Gasteiger partial charge in [0.25, 0.3) is 5.91 Å². The van der Waals surface area contributed by atoms with Crippen molar-refractivity contribution in [3.63, 3.8) is 0 Å². The van der Waals surface area contributed by atoms with Crippen molar-refractivity contribution < 1.29 is 14.3 Å². The molecule has 8 heteroatoms. The van der Waals surface area contributed by atoms with Crippen LogP contribution in [0.3, 0.4) is 0 Å². The van der Waals surface area contributed by atoms with E-state index in [4.69, 9.17) is 0 Å². The molecule has 0 bridgehead atoms. The molecular formula is C29H35N5O3. The van der Waals surface area contributed by atoms with Crippen LogP contribution < -0.4 is 20.7 Å². The summed E-state index contributed by atoms with van der Waals surface area (Å²) in [6.07, 6.45) is 6.68. The van der Waals surface area contributed by atoms with E-state index < -0.39 is 6.04 Å². The highest BCUT2D eigenvalue weighted by Gasteiger charge is 2.32. The average Bonchev–Trinajstić information content (AvgIpc) is 3.35. The van der Waals surface area contributed by atoms with Gasteiger partial charge in [0.05, 0.1) is 5.56 Å². The predicted octanol–water partition coefficient (Wildman–Crippen LogP) is 3.83. The van der Waals surface area contributed by atoms with E-state index in [-0.39, 0.29) is 17.7 Å². The third kappa shape index (κ3) is 5.25. The topological polar surface area (TPSA) is 102 Å². The number of benzene rings is 1. The highest BCUT2D eigenvalue weighted by atomic mass is 16.5. The summed E-state index contributed by atoms with van der Waals surface area (Å²) in [6, 6.07) is 12.6. The molecule has 1 aromatic carbocycles. The molecule has 3 N–H and O–H groups in total. The highest BCUT2D eigenvalue weighted by molar-refractivity contribution is 6.01. The number of hydrogen-bond acceptors (Lipinski definition) is 4. The zero-order valence-electron chi connectivity index (χ0n) is 21.5. The highest BCUT2D eigenvalue weighted by Crippen LogP contribution is 2.29. The van der Waals surface area contributed by atoms with E-state index in [2.05, 4.69) is 16.0 Å². The van der Waals surface area contributed by atoms with Gasteiger partial charge in [-0.25, -0.2) is 0 Å². The number of amides is 2. The SMILES string of the molecule is Cc1cc[n+]([O-])c(C)c1-c1ccc(NC(=O)[C@@H](NC(=O)c2ccc3n2CCNC3)C2CCCCC2)cc1. The molecule has 0 saturated heterocycles. The lowest BCUT2D eigenvalue weighted by Gasteiger charge is -2.30. The van der Waals surface area contributed by atoms with Crippen LogP contribution >= 0.6 is 0 Å². The van der Waals surface area contributed by atoms with E-state index in [1.807, 2.05) is 47.9 Å². The molecular weight excluding hydrogens is 466 g/mol. The van der Waals surface area contributed by atoms with E-state index in [1.165, 1.54) is 12.6 Å². The average molecular weight is 502 g/mol. The van der Waals surface area contributed by atoms with Crippen molar-refractivity contribution in [3.8, 4) is 11.1 Å². The number of carbonyl (C=O) groups excluding carboxylic acids is 2. The van der Waals surface area contributed by atoms with Crippen molar-refractivity contribution in [1.29, 1.82) is 0 Å². The van der Waals surface area contributed by atoms with Crippen molar-refractivity contribution in [1.82, 2.24) is 15.2 Å². The zero-order chi connectivity index (χ0) is 25.9. The summed E-state index contributed by atoms with van der Waals surface area (Å²) >= 11 is 0. The Morgan fingerprint density at radius 3 is 2.57 bits per heavy atom. The number of aromatic nitrogens is 2. The van der Waals surface area contributed by atoms with Crippen LogP contribution in [0.4, 0.5) is 5.69 Å². The molecule has 0 spiro atoms. The van der Waals surface area contributed by atoms with Crippen molar-refractivity contribution in [2.24, 2.45) is 5.92 Å². The summed E-state index contributed by atoms with van der Waals surface area (Å²) < 4.78 is 2.91. The maximum absolute atomic E-state index is 13.5. The molecule has 2 aliphatic rings. The van der Waals surface area contributed by atoms with Crippen LogP contribution in [0, 0.1) is 25.0 Å². The first-order valence-corrected chi connectivity index (χ1v) is 13.2. The Hall–Kier alpha value is -3.65. The zero-order valence-corrected chi connectivity index (χ0v) is 21.5. The van der Waals surface area contributed by atoms with Gasteiger partial charge in [-0.15, -0.1) is 0 Å². The normalized spacial score (nSPS) is 16.6. The molecule has 1 atom stereocenters. The Balaban J connectivity index is 1.34. The van der Waals surface area contributed by atoms with Crippen LogP contribution in [-0.4, -0.2) is 29.0 Å². The van der Waals surface area contributed by atoms with Gasteiger partial charge in [0, 0.05) is 44.0 Å². The number of rotatable bonds is 6. The smallest absolute Gasteiger partial charge is 0.268 e. The van der Waals surface area contributed by atoms with Crippen LogP contribution in [0.2, 0.25) is 0 Å². The fraction of sp³-hybridized carbons (Fsp3) is 0.414. The van der Waals surface area contributed by atoms with Crippen molar-refractivity contribution in [2.45, 2.75) is 65.1 Å². The summed E-state index contributed by atoms with van der Waals surface area (Å²) in [7, 11) is 0. The van der Waals surface area contributed by atoms with E-state index in [9.17, 15) is 14.8 Å². The Labute approximate surface area is 217 Å². The maximum atomic E-state index is 13.5. The minimum absolute atomic E-state index is 0.108. The molecule has 37 heavy (non-hydrogen) atoms. The third-order valence-electron chi connectivity index (χ3n) is 7.80. The number of nitrogens with one attached hydrogen (secondary N) is 3. The molecule has 1 fully saturated rings. The summed E-state index contributed by atoms with van der Waals surface area (Å²) in [5.74, 6) is -0.281. The quantitative estimate of drug-likeness (QED) is 0.353. The van der Waals surface area contributed by atoms with Crippen LogP contribution in [-0.2, 0) is 17.9 Å². The molecule has 1 saturated carbocycles. The lowest BCUT2D eigenvalue weighted by molar-refractivity contribution is -0.611. The van der Waals surface area contributed by atoms with Gasteiger partial charge >= 0.3 is 0 Å². The number of carbonyl (C=O) groups is 2. The Morgan fingerprint density at radius 1 is 1.05 bits per heavy atom. The molecule has 1 aliphatic heterocycles. The van der Waals surface area contributed by atoms with Gasteiger partial charge < -0.3 is 25.7 Å². The fourth-order valence-electron chi connectivity index (χ4n) is 5.76. The Kier molecular flexibility index (Phi) is 7.28. The summed E-state index contributed by atoms with van der Waals surface area (Å²) in [4.78, 5) is 26.8. The van der Waals surface area contributed by atoms with E-state index in [0.717, 1.165) is 72.4 Å².